The standard InChI is InChI=1S/C15H12F3N5O4/c1-26-8-4-2-7(3-5-8)11-10(13(24)25)12(23-27-11)19-6-9-20-14(22-21-9)15(16,17)18/h2-5H,6H2,1H3,(H,19,23)(H,24,25)(H,20,21,22). The van der Waals surface area contributed by atoms with Gasteiger partial charge in [0.2, 0.25) is 0 Å². The number of rotatable bonds is 6. The van der Waals surface area contributed by atoms with Crippen LogP contribution >= 0.6 is 0 Å². The number of aromatic nitrogens is 4. The van der Waals surface area contributed by atoms with E-state index >= 15 is 0 Å². The van der Waals surface area contributed by atoms with Crippen molar-refractivity contribution in [1.82, 2.24) is 20.3 Å². The van der Waals surface area contributed by atoms with Crippen LogP contribution in [0.25, 0.3) is 11.3 Å². The molecule has 1 aromatic carbocycles. The molecule has 9 nitrogen and oxygen atoms in total. The number of nitrogens with zero attached hydrogens (tertiary/aromatic N) is 3. The van der Waals surface area contributed by atoms with Crippen molar-refractivity contribution >= 4 is 11.8 Å². The van der Waals surface area contributed by atoms with Gasteiger partial charge < -0.3 is 19.7 Å². The van der Waals surface area contributed by atoms with E-state index in [9.17, 15) is 23.1 Å². The number of carboxylic acid groups (broad SMARTS) is 1. The number of carbonyl (C=O) groups is 1. The third-order valence-electron chi connectivity index (χ3n) is 3.47. The normalized spacial score (nSPS) is 11.4. The summed E-state index contributed by atoms with van der Waals surface area (Å²) < 4.78 is 47.6. The number of halogens is 3. The lowest BCUT2D eigenvalue weighted by atomic mass is 10.1. The van der Waals surface area contributed by atoms with Gasteiger partial charge in [0.15, 0.2) is 17.1 Å². The topological polar surface area (TPSA) is 126 Å². The molecule has 0 radical (unpaired) electrons. The maximum Gasteiger partial charge on any atom is 0.453 e. The lowest BCUT2D eigenvalue weighted by Gasteiger charge is -2.03. The maximum absolute atomic E-state index is 12.5. The first-order valence-electron chi connectivity index (χ1n) is 7.39. The number of H-pyrrole nitrogens is 1. The second kappa shape index (κ2) is 6.97. The highest BCUT2D eigenvalue weighted by Crippen LogP contribution is 2.31. The van der Waals surface area contributed by atoms with Crippen molar-refractivity contribution in [2.45, 2.75) is 12.7 Å². The van der Waals surface area contributed by atoms with E-state index in [1.807, 2.05) is 0 Å². The van der Waals surface area contributed by atoms with Crippen LogP contribution in [-0.2, 0) is 12.7 Å². The molecule has 2 heterocycles. The van der Waals surface area contributed by atoms with E-state index in [-0.39, 0.29) is 29.5 Å². The fourth-order valence-electron chi connectivity index (χ4n) is 2.22. The van der Waals surface area contributed by atoms with Crippen molar-refractivity contribution in [3.8, 4) is 17.1 Å². The first kappa shape index (κ1) is 18.2. The van der Waals surface area contributed by atoms with Crippen molar-refractivity contribution in [2.75, 3.05) is 12.4 Å². The van der Waals surface area contributed by atoms with Crippen molar-refractivity contribution in [3.63, 3.8) is 0 Å². The molecule has 3 rings (SSSR count). The third-order valence-corrected chi connectivity index (χ3v) is 3.47. The minimum absolute atomic E-state index is 0.0128. The van der Waals surface area contributed by atoms with Gasteiger partial charge in [-0.1, -0.05) is 5.16 Å². The van der Waals surface area contributed by atoms with E-state index in [1.165, 1.54) is 7.11 Å². The summed E-state index contributed by atoms with van der Waals surface area (Å²) in [6.07, 6.45) is -4.68. The highest BCUT2D eigenvalue weighted by atomic mass is 19.4. The van der Waals surface area contributed by atoms with Crippen LogP contribution in [0.15, 0.2) is 28.8 Å². The molecule has 3 aromatic rings. The molecule has 2 aromatic heterocycles. The van der Waals surface area contributed by atoms with Gasteiger partial charge in [-0.2, -0.15) is 13.2 Å². The minimum Gasteiger partial charge on any atom is -0.497 e. The molecule has 0 atom stereocenters. The van der Waals surface area contributed by atoms with Crippen LogP contribution in [0, 0.1) is 0 Å². The van der Waals surface area contributed by atoms with Crippen molar-refractivity contribution in [2.24, 2.45) is 0 Å². The molecule has 0 saturated carbocycles. The minimum atomic E-state index is -4.68. The maximum atomic E-state index is 12.5. The van der Waals surface area contributed by atoms with E-state index in [0.29, 0.717) is 11.3 Å². The molecule has 0 fully saturated rings. The molecular formula is C15H12F3N5O4. The Bertz CT molecular complexity index is 949. The molecule has 27 heavy (non-hydrogen) atoms. The van der Waals surface area contributed by atoms with Gasteiger partial charge in [-0.3, -0.25) is 5.10 Å². The van der Waals surface area contributed by atoms with Crippen LogP contribution in [0.1, 0.15) is 22.0 Å². The molecule has 0 saturated heterocycles. The summed E-state index contributed by atoms with van der Waals surface area (Å²) in [5, 5.41) is 20.8. The van der Waals surface area contributed by atoms with Gasteiger partial charge in [-0.05, 0) is 24.3 Å². The van der Waals surface area contributed by atoms with E-state index in [1.54, 1.807) is 24.3 Å². The first-order chi connectivity index (χ1) is 12.8. The van der Waals surface area contributed by atoms with E-state index in [0.717, 1.165) is 0 Å². The summed E-state index contributed by atoms with van der Waals surface area (Å²) in [5.41, 5.74) is 0.170. The van der Waals surface area contributed by atoms with Crippen molar-refractivity contribution in [3.05, 3.63) is 41.5 Å². The number of hydrogen-bond donors (Lipinski definition) is 3. The van der Waals surface area contributed by atoms with Gasteiger partial charge >= 0.3 is 12.1 Å². The van der Waals surface area contributed by atoms with Crippen LogP contribution in [-0.4, -0.2) is 38.5 Å². The fraction of sp³-hybridized carbons (Fsp3) is 0.200. The average molecular weight is 383 g/mol. The Labute approximate surface area is 149 Å². The summed E-state index contributed by atoms with van der Waals surface area (Å²) in [6.45, 7) is -0.266. The molecule has 0 spiro atoms. The van der Waals surface area contributed by atoms with Crippen LogP contribution in [0.2, 0.25) is 0 Å². The number of anilines is 1. The molecule has 0 aliphatic heterocycles. The summed E-state index contributed by atoms with van der Waals surface area (Å²) in [4.78, 5) is 14.9. The molecular weight excluding hydrogens is 371 g/mol. The zero-order chi connectivity index (χ0) is 19.6. The quantitative estimate of drug-likeness (QED) is 0.593. The molecule has 142 valence electrons. The number of hydrogen-bond acceptors (Lipinski definition) is 7. The Balaban J connectivity index is 1.83. The van der Waals surface area contributed by atoms with E-state index in [4.69, 9.17) is 9.26 Å². The Morgan fingerprint density at radius 2 is 2.04 bits per heavy atom. The van der Waals surface area contributed by atoms with Gasteiger partial charge in [-0.25, -0.2) is 9.78 Å². The fourth-order valence-corrected chi connectivity index (χ4v) is 2.22. The average Bonchev–Trinajstić information content (AvgIpc) is 3.26. The Kier molecular flexibility index (Phi) is 4.71. The SMILES string of the molecule is COc1ccc(-c2onc(NCc3nc(C(F)(F)F)n[nH]3)c2C(=O)O)cc1. The molecule has 0 unspecified atom stereocenters. The number of aromatic amines is 1. The van der Waals surface area contributed by atoms with E-state index < -0.39 is 18.0 Å². The second-order valence-corrected chi connectivity index (χ2v) is 5.23. The Morgan fingerprint density at radius 3 is 2.59 bits per heavy atom. The third kappa shape index (κ3) is 3.83. The largest absolute Gasteiger partial charge is 0.497 e. The summed E-state index contributed by atoms with van der Waals surface area (Å²) in [5.74, 6) is -2.39. The van der Waals surface area contributed by atoms with E-state index in [2.05, 4.69) is 25.7 Å². The van der Waals surface area contributed by atoms with Crippen LogP contribution in [0.5, 0.6) is 5.75 Å². The number of ether oxygens (including phenoxy) is 1. The highest BCUT2D eigenvalue weighted by molar-refractivity contribution is 5.99. The van der Waals surface area contributed by atoms with Crippen LogP contribution in [0.3, 0.4) is 0 Å². The zero-order valence-corrected chi connectivity index (χ0v) is 13.7. The molecule has 0 bridgehead atoms. The Morgan fingerprint density at radius 1 is 1.33 bits per heavy atom. The number of aromatic carboxylic acids is 1. The number of benzene rings is 1. The van der Waals surface area contributed by atoms with Crippen molar-refractivity contribution in [1.29, 1.82) is 0 Å². The second-order valence-electron chi connectivity index (χ2n) is 5.23. The molecule has 0 aliphatic carbocycles. The number of carboxylic acids is 1. The molecule has 0 amide bonds. The molecule has 0 aliphatic rings. The highest BCUT2D eigenvalue weighted by Gasteiger charge is 2.36. The monoisotopic (exact) mass is 383 g/mol. The number of methoxy groups -OCH3 is 1. The first-order valence-corrected chi connectivity index (χ1v) is 7.39. The van der Waals surface area contributed by atoms with Gasteiger partial charge in [0, 0.05) is 5.56 Å². The Hall–Kier alpha value is -3.57. The predicted octanol–water partition coefficient (Wildman–Crippen LogP) is 2.80. The smallest absolute Gasteiger partial charge is 0.453 e. The lowest BCUT2D eigenvalue weighted by Crippen LogP contribution is -2.09. The van der Waals surface area contributed by atoms with Gasteiger partial charge in [0.25, 0.3) is 5.82 Å². The molecule has 3 N–H and O–H groups in total. The molecule has 12 heteroatoms. The number of alkyl halides is 3. The van der Waals surface area contributed by atoms with Gasteiger partial charge in [-0.15, -0.1) is 5.10 Å². The van der Waals surface area contributed by atoms with Gasteiger partial charge in [0.05, 0.1) is 13.7 Å². The van der Waals surface area contributed by atoms with Gasteiger partial charge in [0.1, 0.15) is 11.6 Å². The summed E-state index contributed by atoms with van der Waals surface area (Å²) in [7, 11) is 1.49. The summed E-state index contributed by atoms with van der Waals surface area (Å²) in [6, 6.07) is 6.40. The lowest BCUT2D eigenvalue weighted by molar-refractivity contribution is -0.144. The van der Waals surface area contributed by atoms with Crippen LogP contribution in [0.4, 0.5) is 19.0 Å². The summed E-state index contributed by atoms with van der Waals surface area (Å²) >= 11 is 0. The number of nitrogens with one attached hydrogen (secondary N) is 2. The van der Waals surface area contributed by atoms with Crippen LogP contribution < -0.4 is 10.1 Å². The predicted molar refractivity (Wildman–Crippen MR) is 84.2 cm³/mol. The zero-order valence-electron chi connectivity index (χ0n) is 13.7. The van der Waals surface area contributed by atoms with Crippen molar-refractivity contribution < 1.29 is 32.3 Å².